The molecular weight excluding hydrogens is 264 g/mol. The fourth-order valence-electron chi connectivity index (χ4n) is 2.47. The van der Waals surface area contributed by atoms with E-state index in [2.05, 4.69) is 11.1 Å². The number of nitriles is 1. The van der Waals surface area contributed by atoms with Gasteiger partial charge in [-0.3, -0.25) is 4.98 Å². The molecule has 1 heterocycles. The van der Waals surface area contributed by atoms with Gasteiger partial charge in [-0.15, -0.1) is 0 Å². The van der Waals surface area contributed by atoms with Crippen LogP contribution in [0.3, 0.4) is 0 Å². The van der Waals surface area contributed by atoms with Crippen LogP contribution >= 0.6 is 0 Å². The molecule has 1 aromatic heterocycles. The van der Waals surface area contributed by atoms with Crippen molar-refractivity contribution in [1.29, 1.82) is 5.26 Å². The summed E-state index contributed by atoms with van der Waals surface area (Å²) < 4.78 is 5.19. The molecule has 0 bridgehead atoms. The topological polar surface area (TPSA) is 66.1 Å². The number of hydrogen-bond acceptors (Lipinski definition) is 4. The third-order valence-corrected chi connectivity index (χ3v) is 3.54. The highest BCUT2D eigenvalue weighted by Crippen LogP contribution is 2.35. The van der Waals surface area contributed by atoms with Crippen molar-refractivity contribution in [2.24, 2.45) is 0 Å². The minimum absolute atomic E-state index is 0.0207. The summed E-state index contributed by atoms with van der Waals surface area (Å²) in [4.78, 5) is 4.15. The summed E-state index contributed by atoms with van der Waals surface area (Å²) >= 11 is 0. The molecule has 0 spiro atoms. The van der Waals surface area contributed by atoms with Crippen molar-refractivity contribution in [3.63, 3.8) is 0 Å². The van der Waals surface area contributed by atoms with Crippen molar-refractivity contribution in [3.8, 4) is 11.8 Å². The van der Waals surface area contributed by atoms with Crippen LogP contribution in [0.1, 0.15) is 29.4 Å². The zero-order valence-corrected chi connectivity index (χ0v) is 11.9. The lowest BCUT2D eigenvalue weighted by Crippen LogP contribution is -2.12. The normalized spacial score (nSPS) is 13.2. The van der Waals surface area contributed by atoms with Crippen molar-refractivity contribution < 1.29 is 9.84 Å². The van der Waals surface area contributed by atoms with Crippen LogP contribution in [0.15, 0.2) is 48.8 Å². The Labute approximate surface area is 124 Å². The van der Waals surface area contributed by atoms with E-state index in [0.717, 1.165) is 11.1 Å². The van der Waals surface area contributed by atoms with Gasteiger partial charge in [-0.2, -0.15) is 5.26 Å². The van der Waals surface area contributed by atoms with E-state index in [9.17, 15) is 10.4 Å². The summed E-state index contributed by atoms with van der Waals surface area (Å²) in [5, 5.41) is 18.9. The molecule has 21 heavy (non-hydrogen) atoms. The van der Waals surface area contributed by atoms with Gasteiger partial charge in [-0.05, 0) is 23.6 Å². The molecule has 0 radical (unpaired) electrons. The predicted molar refractivity (Wildman–Crippen MR) is 80.0 cm³/mol. The fourth-order valence-corrected chi connectivity index (χ4v) is 2.47. The third kappa shape index (κ3) is 3.59. The van der Waals surface area contributed by atoms with Crippen LogP contribution in [-0.2, 0) is 0 Å². The maximum Gasteiger partial charge on any atom is 0.137 e. The first-order valence-electron chi connectivity index (χ1n) is 6.84. The van der Waals surface area contributed by atoms with Gasteiger partial charge in [0.15, 0.2) is 0 Å². The molecule has 0 aliphatic rings. The Balaban J connectivity index is 2.39. The first kappa shape index (κ1) is 15.0. The van der Waals surface area contributed by atoms with Gasteiger partial charge in [0.25, 0.3) is 0 Å². The molecule has 0 unspecified atom stereocenters. The summed E-state index contributed by atoms with van der Waals surface area (Å²) in [5.74, 6) is 0.206. The molecule has 108 valence electrons. The number of methoxy groups -OCH3 is 1. The van der Waals surface area contributed by atoms with Crippen LogP contribution < -0.4 is 4.74 Å². The van der Waals surface area contributed by atoms with Gasteiger partial charge in [0.2, 0.25) is 0 Å². The molecule has 2 rings (SSSR count). The second-order valence-corrected chi connectivity index (χ2v) is 4.79. The Kier molecular flexibility index (Phi) is 5.30. The lowest BCUT2D eigenvalue weighted by molar-refractivity contribution is 0.271. The molecule has 0 saturated carbocycles. The van der Waals surface area contributed by atoms with E-state index in [1.807, 2.05) is 36.4 Å². The predicted octanol–water partition coefficient (Wildman–Crippen LogP) is 2.86. The Morgan fingerprint density at radius 3 is 2.62 bits per heavy atom. The number of aliphatic hydroxyl groups excluding tert-OH is 1. The summed E-state index contributed by atoms with van der Waals surface area (Å²) in [7, 11) is 1.58. The highest BCUT2D eigenvalue weighted by Gasteiger charge is 2.25. The van der Waals surface area contributed by atoms with E-state index in [-0.39, 0.29) is 18.4 Å². The average Bonchev–Trinajstić information content (AvgIpc) is 2.56. The number of rotatable bonds is 6. The lowest BCUT2D eigenvalue weighted by Gasteiger charge is -2.22. The summed E-state index contributed by atoms with van der Waals surface area (Å²) in [6, 6.07) is 13.9. The van der Waals surface area contributed by atoms with Crippen LogP contribution in [0.2, 0.25) is 0 Å². The van der Waals surface area contributed by atoms with Crippen LogP contribution in [0.4, 0.5) is 0 Å². The van der Waals surface area contributed by atoms with Crippen LogP contribution in [0.5, 0.6) is 5.75 Å². The smallest absolute Gasteiger partial charge is 0.137 e. The minimum Gasteiger partial charge on any atom is -0.495 e. The standard InChI is InChI=1S/C17H18N2O2/c1-21-15-9-14(11-19-12-15)16(7-8-20)17(10-18)13-5-3-2-4-6-13/h2-6,9,11-12,16-17,20H,7-8H2,1H3/t16-,17+/m0/s1. The lowest BCUT2D eigenvalue weighted by atomic mass is 9.81. The summed E-state index contributed by atoms with van der Waals surface area (Å²) in [6.45, 7) is 0.0207. The number of nitrogens with zero attached hydrogens (tertiary/aromatic N) is 2. The van der Waals surface area contributed by atoms with E-state index in [1.165, 1.54) is 0 Å². The molecule has 2 aromatic rings. The number of pyridine rings is 1. The van der Waals surface area contributed by atoms with Gasteiger partial charge in [-0.25, -0.2) is 0 Å². The largest absolute Gasteiger partial charge is 0.495 e. The van der Waals surface area contributed by atoms with Crippen molar-refractivity contribution in [2.75, 3.05) is 13.7 Å². The van der Waals surface area contributed by atoms with Gasteiger partial charge in [0.1, 0.15) is 5.75 Å². The van der Waals surface area contributed by atoms with Crippen LogP contribution in [0.25, 0.3) is 0 Å². The van der Waals surface area contributed by atoms with Crippen molar-refractivity contribution in [2.45, 2.75) is 18.3 Å². The Bertz CT molecular complexity index is 608. The highest BCUT2D eigenvalue weighted by molar-refractivity contribution is 5.34. The second kappa shape index (κ2) is 7.41. The van der Waals surface area contributed by atoms with Gasteiger partial charge < -0.3 is 9.84 Å². The van der Waals surface area contributed by atoms with Gasteiger partial charge >= 0.3 is 0 Å². The van der Waals surface area contributed by atoms with E-state index in [4.69, 9.17) is 4.74 Å². The molecule has 2 atom stereocenters. The molecule has 0 aliphatic carbocycles. The van der Waals surface area contributed by atoms with Crippen molar-refractivity contribution >= 4 is 0 Å². The number of benzene rings is 1. The molecular formula is C17H18N2O2. The maximum atomic E-state index is 9.58. The third-order valence-electron chi connectivity index (χ3n) is 3.54. The average molecular weight is 282 g/mol. The first-order valence-corrected chi connectivity index (χ1v) is 6.84. The number of aromatic nitrogens is 1. The zero-order chi connectivity index (χ0) is 15.1. The minimum atomic E-state index is -0.327. The Hall–Kier alpha value is -2.38. The van der Waals surface area contributed by atoms with Gasteiger partial charge in [0.05, 0.1) is 25.3 Å². The van der Waals surface area contributed by atoms with Crippen LogP contribution in [-0.4, -0.2) is 23.8 Å². The van der Waals surface area contributed by atoms with Crippen LogP contribution in [0, 0.1) is 11.3 Å². The number of ether oxygens (including phenoxy) is 1. The highest BCUT2D eigenvalue weighted by atomic mass is 16.5. The summed E-state index contributed by atoms with van der Waals surface area (Å²) in [6.07, 6.45) is 3.86. The van der Waals surface area contributed by atoms with E-state index < -0.39 is 0 Å². The molecule has 0 fully saturated rings. The van der Waals surface area contributed by atoms with E-state index in [1.54, 1.807) is 19.5 Å². The van der Waals surface area contributed by atoms with E-state index >= 15 is 0 Å². The molecule has 4 heteroatoms. The molecule has 0 aliphatic heterocycles. The monoisotopic (exact) mass is 282 g/mol. The Morgan fingerprint density at radius 1 is 1.24 bits per heavy atom. The van der Waals surface area contributed by atoms with Gasteiger partial charge in [-0.1, -0.05) is 30.3 Å². The SMILES string of the molecule is COc1cncc([C@H](CCO)[C@H](C#N)c2ccccc2)c1. The van der Waals surface area contributed by atoms with Gasteiger partial charge in [0, 0.05) is 18.7 Å². The fraction of sp³-hybridized carbons (Fsp3) is 0.294. The molecule has 1 aromatic carbocycles. The quantitative estimate of drug-likeness (QED) is 0.884. The van der Waals surface area contributed by atoms with Crippen molar-refractivity contribution in [3.05, 3.63) is 59.9 Å². The Morgan fingerprint density at radius 2 is 2.00 bits per heavy atom. The summed E-state index contributed by atoms with van der Waals surface area (Å²) in [5.41, 5.74) is 1.85. The molecule has 0 saturated heterocycles. The zero-order valence-electron chi connectivity index (χ0n) is 11.9. The maximum absolute atomic E-state index is 9.58. The first-order chi connectivity index (χ1) is 10.3. The van der Waals surface area contributed by atoms with Crippen molar-refractivity contribution in [1.82, 2.24) is 4.98 Å². The second-order valence-electron chi connectivity index (χ2n) is 4.79. The van der Waals surface area contributed by atoms with E-state index in [0.29, 0.717) is 12.2 Å². The number of aliphatic hydroxyl groups is 1. The number of hydrogen-bond donors (Lipinski definition) is 1. The molecule has 4 nitrogen and oxygen atoms in total. The molecule has 0 amide bonds. The molecule has 1 N–H and O–H groups in total.